The minimum Gasteiger partial charge on any atom is -0.497 e. The van der Waals surface area contributed by atoms with Crippen LogP contribution >= 0.6 is 23.1 Å². The van der Waals surface area contributed by atoms with E-state index in [1.54, 1.807) is 35.1 Å². The summed E-state index contributed by atoms with van der Waals surface area (Å²) in [5.74, 6) is 1.63. The number of ether oxygens (including phenoxy) is 1. The number of carbonyl (C=O) groups is 1. The van der Waals surface area contributed by atoms with Gasteiger partial charge in [-0.2, -0.15) is 4.98 Å². The molecule has 0 saturated carbocycles. The second-order valence-corrected chi connectivity index (χ2v) is 9.42. The first kappa shape index (κ1) is 22.2. The number of methoxy groups -OCH3 is 1. The lowest BCUT2D eigenvalue weighted by atomic mass is 9.94. The molecular weight excluding hydrogens is 468 g/mol. The molecule has 5 rings (SSSR count). The van der Waals surface area contributed by atoms with Gasteiger partial charge in [0.2, 0.25) is 5.82 Å². The van der Waals surface area contributed by atoms with E-state index in [1.165, 1.54) is 0 Å². The third-order valence-electron chi connectivity index (χ3n) is 5.66. The summed E-state index contributed by atoms with van der Waals surface area (Å²) in [6.07, 6.45) is 2.02. The highest BCUT2D eigenvalue weighted by molar-refractivity contribution is 7.98. The molecule has 9 heteroatoms. The Morgan fingerprint density at radius 2 is 1.88 bits per heavy atom. The van der Waals surface area contributed by atoms with Crippen LogP contribution in [0.3, 0.4) is 0 Å². The summed E-state index contributed by atoms with van der Waals surface area (Å²) in [5, 5.41) is 9.30. The number of aromatic nitrogens is 2. The molecule has 2 aromatic carbocycles. The van der Waals surface area contributed by atoms with Crippen molar-refractivity contribution in [2.45, 2.75) is 17.9 Å². The van der Waals surface area contributed by atoms with Crippen LogP contribution in [0.5, 0.6) is 5.75 Å². The number of hydrogen-bond donors (Lipinski definition) is 1. The smallest absolute Gasteiger partial charge is 0.326 e. The number of nitrogens with one attached hydrogen (secondary N) is 1. The molecule has 0 bridgehead atoms. The number of urea groups is 1. The van der Waals surface area contributed by atoms with Gasteiger partial charge in [-0.15, -0.1) is 23.1 Å². The van der Waals surface area contributed by atoms with Crippen LogP contribution in [0.4, 0.5) is 10.5 Å². The average molecular weight is 491 g/mol. The molecule has 4 aromatic rings. The maximum absolute atomic E-state index is 13.3. The quantitative estimate of drug-likeness (QED) is 0.323. The van der Waals surface area contributed by atoms with Crippen molar-refractivity contribution in [3.8, 4) is 16.5 Å². The van der Waals surface area contributed by atoms with E-state index in [2.05, 4.69) is 15.5 Å². The Bertz CT molecular complexity index is 1330. The zero-order valence-electron chi connectivity index (χ0n) is 18.8. The summed E-state index contributed by atoms with van der Waals surface area (Å²) in [5.41, 5.74) is 3.12. The number of allylic oxidation sites excluding steroid dienone is 1. The number of benzene rings is 2. The maximum Gasteiger partial charge on any atom is 0.326 e. The van der Waals surface area contributed by atoms with Crippen molar-refractivity contribution in [2.75, 3.05) is 18.3 Å². The lowest BCUT2D eigenvalue weighted by molar-refractivity contribution is 0.244. The number of carbonyl (C=O) groups excluding carboxylic acids is 1. The van der Waals surface area contributed by atoms with Crippen LogP contribution in [0.25, 0.3) is 16.3 Å². The molecule has 1 aliphatic rings. The van der Waals surface area contributed by atoms with Gasteiger partial charge in [0.05, 0.1) is 29.3 Å². The fourth-order valence-electron chi connectivity index (χ4n) is 3.95. The summed E-state index contributed by atoms with van der Waals surface area (Å²) in [7, 11) is 1.62. The lowest BCUT2D eigenvalue weighted by Crippen LogP contribution is -2.46. The first-order chi connectivity index (χ1) is 16.6. The number of nitrogens with zero attached hydrogens (tertiary/aromatic N) is 3. The molecule has 0 aliphatic carbocycles. The number of thioether (sulfide) groups is 1. The molecule has 1 atom stereocenters. The summed E-state index contributed by atoms with van der Waals surface area (Å²) in [6, 6.07) is 18.7. The molecule has 0 saturated heterocycles. The second kappa shape index (κ2) is 9.36. The molecular formula is C25H22N4O3S2. The summed E-state index contributed by atoms with van der Waals surface area (Å²) in [6.45, 7) is 1.90. The Kier molecular flexibility index (Phi) is 6.12. The molecule has 34 heavy (non-hydrogen) atoms. The Balaban J connectivity index is 1.63. The second-order valence-electron chi connectivity index (χ2n) is 7.59. The molecule has 0 radical (unpaired) electrons. The number of amides is 2. The van der Waals surface area contributed by atoms with Gasteiger partial charge in [0, 0.05) is 10.6 Å². The molecule has 1 N–H and O–H groups in total. The van der Waals surface area contributed by atoms with E-state index in [1.807, 2.05) is 79.2 Å². The number of anilines is 1. The van der Waals surface area contributed by atoms with E-state index in [4.69, 9.17) is 9.26 Å². The van der Waals surface area contributed by atoms with Crippen molar-refractivity contribution < 1.29 is 14.1 Å². The molecule has 172 valence electrons. The molecule has 1 aliphatic heterocycles. The van der Waals surface area contributed by atoms with Gasteiger partial charge in [-0.1, -0.05) is 23.4 Å². The first-order valence-corrected chi connectivity index (χ1v) is 12.7. The van der Waals surface area contributed by atoms with Crippen LogP contribution in [0.15, 0.2) is 81.2 Å². The van der Waals surface area contributed by atoms with Gasteiger partial charge in [-0.25, -0.2) is 4.79 Å². The predicted molar refractivity (Wildman–Crippen MR) is 135 cm³/mol. The van der Waals surface area contributed by atoms with Gasteiger partial charge in [0.1, 0.15) is 5.75 Å². The maximum atomic E-state index is 13.3. The Hall–Kier alpha value is -3.56. The van der Waals surface area contributed by atoms with Crippen LogP contribution in [0.1, 0.15) is 24.4 Å². The third-order valence-corrected chi connectivity index (χ3v) is 7.27. The van der Waals surface area contributed by atoms with E-state index < -0.39 is 6.04 Å². The van der Waals surface area contributed by atoms with Gasteiger partial charge >= 0.3 is 6.03 Å². The summed E-state index contributed by atoms with van der Waals surface area (Å²) >= 11 is 3.19. The van der Waals surface area contributed by atoms with E-state index in [-0.39, 0.29) is 6.03 Å². The van der Waals surface area contributed by atoms with Crippen molar-refractivity contribution in [3.05, 3.63) is 83.2 Å². The predicted octanol–water partition coefficient (Wildman–Crippen LogP) is 6.23. The van der Waals surface area contributed by atoms with Gasteiger partial charge in [-0.3, -0.25) is 4.90 Å². The summed E-state index contributed by atoms with van der Waals surface area (Å²) < 4.78 is 11.0. The van der Waals surface area contributed by atoms with Crippen LogP contribution in [-0.4, -0.2) is 29.5 Å². The van der Waals surface area contributed by atoms with Gasteiger partial charge in [0.15, 0.2) is 0 Å². The van der Waals surface area contributed by atoms with Crippen molar-refractivity contribution >= 4 is 40.4 Å². The number of rotatable bonds is 6. The Morgan fingerprint density at radius 1 is 1.12 bits per heavy atom. The largest absolute Gasteiger partial charge is 0.497 e. The number of thiophene rings is 1. The Labute approximate surface area is 205 Å². The summed E-state index contributed by atoms with van der Waals surface area (Å²) in [4.78, 5) is 21.7. The molecule has 7 nitrogen and oxygen atoms in total. The van der Waals surface area contributed by atoms with Crippen molar-refractivity contribution in [3.63, 3.8) is 0 Å². The van der Waals surface area contributed by atoms with Crippen molar-refractivity contribution in [1.29, 1.82) is 0 Å². The van der Waals surface area contributed by atoms with Crippen LogP contribution in [0.2, 0.25) is 0 Å². The highest BCUT2D eigenvalue weighted by Crippen LogP contribution is 2.40. The van der Waals surface area contributed by atoms with E-state index in [0.29, 0.717) is 11.7 Å². The molecule has 2 aromatic heterocycles. The van der Waals surface area contributed by atoms with Crippen LogP contribution in [0, 0.1) is 0 Å². The van der Waals surface area contributed by atoms with Gasteiger partial charge in [-0.05, 0) is 66.6 Å². The van der Waals surface area contributed by atoms with E-state index in [9.17, 15) is 4.79 Å². The van der Waals surface area contributed by atoms with Crippen molar-refractivity contribution in [2.24, 2.45) is 0 Å². The topological polar surface area (TPSA) is 80.5 Å². The molecule has 0 fully saturated rings. The monoisotopic (exact) mass is 490 g/mol. The van der Waals surface area contributed by atoms with E-state index >= 15 is 0 Å². The first-order valence-electron chi connectivity index (χ1n) is 10.6. The highest BCUT2D eigenvalue weighted by atomic mass is 32.2. The zero-order valence-corrected chi connectivity index (χ0v) is 20.4. The number of hydrogen-bond acceptors (Lipinski definition) is 7. The molecule has 1 unspecified atom stereocenters. The fourth-order valence-corrected chi connectivity index (χ4v) is 5.00. The Morgan fingerprint density at radius 3 is 2.53 bits per heavy atom. The molecule has 0 spiro atoms. The highest BCUT2D eigenvalue weighted by Gasteiger charge is 2.36. The average Bonchev–Trinajstić information content (AvgIpc) is 3.57. The minimum absolute atomic E-state index is 0.225. The minimum atomic E-state index is -0.461. The van der Waals surface area contributed by atoms with E-state index in [0.717, 1.165) is 38.0 Å². The van der Waals surface area contributed by atoms with Crippen LogP contribution in [-0.2, 0) is 0 Å². The van der Waals surface area contributed by atoms with Gasteiger partial charge in [0.25, 0.3) is 5.89 Å². The normalized spacial score (nSPS) is 16.0. The SMILES string of the molecule is COc1ccc(C2NC(=O)N(c3ccc(SC)cc3)C(C)=C2c2nc(-c3cccs3)no2)cc1. The fraction of sp³-hybridized carbons (Fsp3) is 0.160. The standard InChI is InChI=1S/C25H22N4O3S2/c1-15-21(24-27-23(28-32-24)20-5-4-14-34-20)22(16-6-10-18(31-2)11-7-16)26-25(30)29(15)17-8-12-19(33-3)13-9-17/h4-14,22H,1-3H3,(H,26,30). The molecule has 2 amide bonds. The molecule has 3 heterocycles. The third kappa shape index (κ3) is 4.08. The zero-order chi connectivity index (χ0) is 23.7. The lowest BCUT2D eigenvalue weighted by Gasteiger charge is -2.35. The van der Waals surface area contributed by atoms with Crippen molar-refractivity contribution in [1.82, 2.24) is 15.5 Å². The van der Waals surface area contributed by atoms with Gasteiger partial charge < -0.3 is 14.6 Å². The van der Waals surface area contributed by atoms with Crippen LogP contribution < -0.4 is 15.0 Å².